The fraction of sp³-hybridized carbons (Fsp3) is 0.333. The normalized spacial score (nSPS) is 22.1. The molecule has 1 saturated heterocycles. The second-order valence-corrected chi connectivity index (χ2v) is 3.39. The number of hydrogen-bond donors (Lipinski definition) is 0. The monoisotopic (exact) mass is 208 g/mol. The lowest BCUT2D eigenvalue weighted by molar-refractivity contribution is -0.0672. The Morgan fingerprint density at radius 2 is 2.00 bits per heavy atom. The second kappa shape index (κ2) is 5.05. The minimum Gasteiger partial charge on any atom is -0.376 e. The summed E-state index contributed by atoms with van der Waals surface area (Å²) in [5, 5.41) is 0. The Hall–Kier alpha value is -1.19. The lowest BCUT2D eigenvalue weighted by Gasteiger charge is -2.19. The van der Waals surface area contributed by atoms with Gasteiger partial charge in [0.15, 0.2) is 0 Å². The van der Waals surface area contributed by atoms with Crippen LogP contribution in [0.3, 0.4) is 0 Å². The van der Waals surface area contributed by atoms with Crippen molar-refractivity contribution in [2.24, 2.45) is 0 Å². The lowest BCUT2D eigenvalue weighted by atomic mass is 10.2. The number of halogens is 1. The molecule has 1 fully saturated rings. The maximum atomic E-state index is 12.6. The van der Waals surface area contributed by atoms with Gasteiger partial charge in [-0.05, 0) is 17.7 Å². The van der Waals surface area contributed by atoms with Gasteiger partial charge in [0.05, 0.1) is 25.9 Å². The van der Waals surface area contributed by atoms with Crippen molar-refractivity contribution in [2.75, 3.05) is 19.8 Å². The Labute approximate surface area is 88.3 Å². The van der Waals surface area contributed by atoms with Gasteiger partial charge in [-0.2, -0.15) is 0 Å². The highest BCUT2D eigenvalue weighted by Crippen LogP contribution is 2.08. The molecule has 2 rings (SSSR count). The van der Waals surface area contributed by atoms with Gasteiger partial charge >= 0.3 is 0 Å². The number of hydrogen-bond acceptors (Lipinski definition) is 2. The first-order valence-electron chi connectivity index (χ1n) is 4.98. The van der Waals surface area contributed by atoms with Gasteiger partial charge in [-0.25, -0.2) is 4.39 Å². The zero-order chi connectivity index (χ0) is 10.5. The summed E-state index contributed by atoms with van der Waals surface area (Å²) in [6.45, 7) is 1.90. The van der Waals surface area contributed by atoms with Crippen molar-refractivity contribution in [3.63, 3.8) is 0 Å². The van der Waals surface area contributed by atoms with E-state index in [2.05, 4.69) is 0 Å². The molecule has 0 saturated carbocycles. The van der Waals surface area contributed by atoms with Gasteiger partial charge in [0.25, 0.3) is 0 Å². The van der Waals surface area contributed by atoms with E-state index in [-0.39, 0.29) is 11.9 Å². The van der Waals surface area contributed by atoms with Crippen LogP contribution in [-0.4, -0.2) is 25.9 Å². The zero-order valence-electron chi connectivity index (χ0n) is 8.36. The third-order valence-corrected chi connectivity index (χ3v) is 2.22. The first kappa shape index (κ1) is 10.3. The molecule has 1 aliphatic rings. The third kappa shape index (κ3) is 3.15. The highest BCUT2D eigenvalue weighted by molar-refractivity contribution is 5.49. The van der Waals surface area contributed by atoms with Crippen molar-refractivity contribution in [3.8, 4) is 0 Å². The molecule has 0 aliphatic carbocycles. The topological polar surface area (TPSA) is 18.5 Å². The van der Waals surface area contributed by atoms with E-state index in [0.29, 0.717) is 19.8 Å². The van der Waals surface area contributed by atoms with Crippen molar-refractivity contribution in [1.82, 2.24) is 0 Å². The van der Waals surface area contributed by atoms with Gasteiger partial charge in [0.2, 0.25) is 0 Å². The molecule has 0 amide bonds. The Bertz CT molecular complexity index is 326. The fourth-order valence-corrected chi connectivity index (χ4v) is 1.41. The van der Waals surface area contributed by atoms with Crippen LogP contribution in [0.25, 0.3) is 6.08 Å². The van der Waals surface area contributed by atoms with Gasteiger partial charge in [0.1, 0.15) is 5.82 Å². The van der Waals surface area contributed by atoms with E-state index in [0.717, 1.165) is 5.56 Å². The first-order valence-corrected chi connectivity index (χ1v) is 4.98. The maximum absolute atomic E-state index is 12.6. The van der Waals surface area contributed by atoms with Crippen LogP contribution in [0.4, 0.5) is 4.39 Å². The summed E-state index contributed by atoms with van der Waals surface area (Å²) in [6, 6.07) is 6.35. The molecule has 80 valence electrons. The Morgan fingerprint density at radius 3 is 2.67 bits per heavy atom. The van der Waals surface area contributed by atoms with E-state index < -0.39 is 0 Å². The predicted molar refractivity (Wildman–Crippen MR) is 56.0 cm³/mol. The minimum atomic E-state index is -0.218. The van der Waals surface area contributed by atoms with E-state index in [1.807, 2.05) is 12.2 Å². The molecule has 1 aromatic carbocycles. The zero-order valence-corrected chi connectivity index (χ0v) is 8.36. The molecule has 0 spiro atoms. The number of rotatable bonds is 2. The molecule has 3 heteroatoms. The van der Waals surface area contributed by atoms with Crippen molar-refractivity contribution in [1.29, 1.82) is 0 Å². The summed E-state index contributed by atoms with van der Waals surface area (Å²) in [5.74, 6) is -0.218. The molecule has 1 aromatic rings. The molecule has 1 unspecified atom stereocenters. The van der Waals surface area contributed by atoms with Crippen LogP contribution in [0, 0.1) is 5.82 Å². The van der Waals surface area contributed by atoms with Crippen molar-refractivity contribution >= 4 is 6.08 Å². The second-order valence-electron chi connectivity index (χ2n) is 3.39. The summed E-state index contributed by atoms with van der Waals surface area (Å²) < 4.78 is 23.3. The molecule has 1 heterocycles. The molecule has 15 heavy (non-hydrogen) atoms. The third-order valence-electron chi connectivity index (χ3n) is 2.22. The van der Waals surface area contributed by atoms with Crippen LogP contribution in [0.15, 0.2) is 30.3 Å². The molecule has 0 bridgehead atoms. The minimum absolute atomic E-state index is 0.0174. The summed E-state index contributed by atoms with van der Waals surface area (Å²) >= 11 is 0. The molecule has 1 atom stereocenters. The van der Waals surface area contributed by atoms with E-state index >= 15 is 0 Å². The van der Waals surface area contributed by atoms with Crippen LogP contribution in [0.5, 0.6) is 0 Å². The van der Waals surface area contributed by atoms with Gasteiger partial charge in [-0.15, -0.1) is 0 Å². The molecule has 1 aliphatic heterocycles. The molecule has 0 radical (unpaired) electrons. The Morgan fingerprint density at radius 1 is 1.20 bits per heavy atom. The molecular formula is C12H13FO2. The van der Waals surface area contributed by atoms with Crippen LogP contribution >= 0.6 is 0 Å². The average molecular weight is 208 g/mol. The van der Waals surface area contributed by atoms with E-state index in [4.69, 9.17) is 9.47 Å². The van der Waals surface area contributed by atoms with Gasteiger partial charge < -0.3 is 9.47 Å². The lowest BCUT2D eigenvalue weighted by Crippen LogP contribution is -2.26. The van der Waals surface area contributed by atoms with Gasteiger partial charge in [-0.1, -0.05) is 24.3 Å². The van der Waals surface area contributed by atoms with Crippen LogP contribution in [0.1, 0.15) is 5.56 Å². The van der Waals surface area contributed by atoms with Gasteiger partial charge in [0, 0.05) is 0 Å². The molecular weight excluding hydrogens is 195 g/mol. The molecule has 0 N–H and O–H groups in total. The molecule has 0 aromatic heterocycles. The summed E-state index contributed by atoms with van der Waals surface area (Å²) in [6.07, 6.45) is 3.87. The quantitative estimate of drug-likeness (QED) is 0.742. The van der Waals surface area contributed by atoms with Crippen molar-refractivity contribution in [3.05, 3.63) is 41.7 Å². The van der Waals surface area contributed by atoms with Crippen molar-refractivity contribution in [2.45, 2.75) is 6.10 Å². The fourth-order valence-electron chi connectivity index (χ4n) is 1.41. The van der Waals surface area contributed by atoms with Crippen LogP contribution in [0.2, 0.25) is 0 Å². The maximum Gasteiger partial charge on any atom is 0.123 e. The number of benzene rings is 1. The highest BCUT2D eigenvalue weighted by atomic mass is 19.1. The Kier molecular flexibility index (Phi) is 3.48. The summed E-state index contributed by atoms with van der Waals surface area (Å²) in [5.41, 5.74) is 0.963. The largest absolute Gasteiger partial charge is 0.376 e. The Balaban J connectivity index is 1.95. The van der Waals surface area contributed by atoms with E-state index in [9.17, 15) is 4.39 Å². The SMILES string of the molecule is Fc1ccc(/C=C/C2COCCO2)cc1. The smallest absolute Gasteiger partial charge is 0.123 e. The van der Waals surface area contributed by atoms with Gasteiger partial charge in [-0.3, -0.25) is 0 Å². The standard InChI is InChI=1S/C12H13FO2/c13-11-4-1-10(2-5-11)3-6-12-9-14-7-8-15-12/h1-6,12H,7-9H2/b6-3+. The van der Waals surface area contributed by atoms with Crippen LogP contribution in [-0.2, 0) is 9.47 Å². The number of ether oxygens (including phenoxy) is 2. The van der Waals surface area contributed by atoms with E-state index in [1.54, 1.807) is 12.1 Å². The average Bonchev–Trinajstić information content (AvgIpc) is 2.30. The molecule has 2 nitrogen and oxygen atoms in total. The summed E-state index contributed by atoms with van der Waals surface area (Å²) in [4.78, 5) is 0. The predicted octanol–water partition coefficient (Wildman–Crippen LogP) is 2.25. The highest BCUT2D eigenvalue weighted by Gasteiger charge is 2.09. The van der Waals surface area contributed by atoms with E-state index in [1.165, 1.54) is 12.1 Å². The van der Waals surface area contributed by atoms with Crippen LogP contribution < -0.4 is 0 Å². The van der Waals surface area contributed by atoms with Crippen molar-refractivity contribution < 1.29 is 13.9 Å². The first-order chi connectivity index (χ1) is 7.34. The summed E-state index contributed by atoms with van der Waals surface area (Å²) in [7, 11) is 0.